The van der Waals surface area contributed by atoms with E-state index in [0.29, 0.717) is 17.6 Å². The van der Waals surface area contributed by atoms with Gasteiger partial charge in [0.25, 0.3) is 0 Å². The standard InChI is InChI=1S/C29H31F3O4/c1-28(2,22-14-19-13-21(22)26-17-9-8-16(12-17)25(19)26)35-24-15-18(10-11-23(24)36-29(30,31)32)27(33)34-20-6-4-3-5-7-20/h3-7,10-11,15-17,19,21-22,25-26H,8-9,12-14H2,1-2H3. The molecule has 36 heavy (non-hydrogen) atoms. The fraction of sp³-hybridized carbons (Fsp3) is 0.552. The number of carbonyl (C=O) groups is 1. The molecule has 4 nitrogen and oxygen atoms in total. The summed E-state index contributed by atoms with van der Waals surface area (Å²) in [5, 5.41) is 0. The lowest BCUT2D eigenvalue weighted by Crippen LogP contribution is -2.45. The zero-order valence-corrected chi connectivity index (χ0v) is 20.5. The Morgan fingerprint density at radius 2 is 1.56 bits per heavy atom. The van der Waals surface area contributed by atoms with Crippen LogP contribution in [0.4, 0.5) is 13.2 Å². The van der Waals surface area contributed by atoms with Crippen LogP contribution in [0.15, 0.2) is 48.5 Å². The molecule has 0 saturated heterocycles. The predicted octanol–water partition coefficient (Wildman–Crippen LogP) is 7.28. The fourth-order valence-corrected chi connectivity index (χ4v) is 8.30. The number of hydrogen-bond acceptors (Lipinski definition) is 4. The molecule has 4 bridgehead atoms. The van der Waals surface area contributed by atoms with Crippen LogP contribution in [-0.4, -0.2) is 17.9 Å². The van der Waals surface area contributed by atoms with Crippen molar-refractivity contribution in [2.45, 2.75) is 57.9 Å². The van der Waals surface area contributed by atoms with Gasteiger partial charge < -0.3 is 14.2 Å². The SMILES string of the molecule is CC(C)(Oc1cc(C(=O)Oc2ccccc2)ccc1OC(F)(F)F)C1CC2CC1C1C3CCC(C3)C21. The summed E-state index contributed by atoms with van der Waals surface area (Å²) >= 11 is 0. The van der Waals surface area contributed by atoms with Gasteiger partial charge in [-0.3, -0.25) is 0 Å². The Labute approximate surface area is 209 Å². The van der Waals surface area contributed by atoms with Gasteiger partial charge in [-0.05, 0) is 112 Å². The third-order valence-corrected chi connectivity index (χ3v) is 9.36. The first kappa shape index (κ1) is 23.7. The van der Waals surface area contributed by atoms with Crippen LogP contribution in [0.25, 0.3) is 0 Å². The second-order valence-electron chi connectivity index (χ2n) is 11.6. The molecule has 7 unspecified atom stereocenters. The van der Waals surface area contributed by atoms with E-state index >= 15 is 0 Å². The molecule has 4 aliphatic carbocycles. The van der Waals surface area contributed by atoms with E-state index in [1.165, 1.54) is 37.8 Å². The van der Waals surface area contributed by atoms with E-state index in [1.807, 2.05) is 13.8 Å². The molecule has 0 amide bonds. The maximum atomic E-state index is 13.2. The van der Waals surface area contributed by atoms with E-state index in [2.05, 4.69) is 4.74 Å². The number of rotatable bonds is 6. The van der Waals surface area contributed by atoms with Crippen LogP contribution < -0.4 is 14.2 Å². The Morgan fingerprint density at radius 3 is 2.28 bits per heavy atom. The molecule has 0 aromatic heterocycles. The first-order chi connectivity index (χ1) is 17.1. The second-order valence-corrected chi connectivity index (χ2v) is 11.6. The van der Waals surface area contributed by atoms with Crippen molar-refractivity contribution in [3.63, 3.8) is 0 Å². The molecule has 0 heterocycles. The molecular formula is C29H31F3O4. The minimum Gasteiger partial charge on any atom is -0.484 e. The van der Waals surface area contributed by atoms with Gasteiger partial charge >= 0.3 is 12.3 Å². The van der Waals surface area contributed by atoms with Crippen molar-refractivity contribution >= 4 is 5.97 Å². The summed E-state index contributed by atoms with van der Waals surface area (Å²) in [4.78, 5) is 12.7. The smallest absolute Gasteiger partial charge is 0.484 e. The summed E-state index contributed by atoms with van der Waals surface area (Å²) in [5.41, 5.74) is -0.613. The Hall–Kier alpha value is -2.70. The van der Waals surface area contributed by atoms with Gasteiger partial charge in [-0.25, -0.2) is 4.79 Å². The third-order valence-electron chi connectivity index (χ3n) is 9.36. The Bertz CT molecular complexity index is 1140. The second kappa shape index (κ2) is 8.42. The lowest BCUT2D eigenvalue weighted by atomic mass is 9.64. The average Bonchev–Trinajstić information content (AvgIpc) is 3.60. The number of benzene rings is 2. The summed E-state index contributed by atoms with van der Waals surface area (Å²) in [6.07, 6.45) is 1.41. The number of ether oxygens (including phenoxy) is 3. The largest absolute Gasteiger partial charge is 0.573 e. The van der Waals surface area contributed by atoms with Gasteiger partial charge in [-0.15, -0.1) is 13.2 Å². The first-order valence-corrected chi connectivity index (χ1v) is 12.9. The lowest BCUT2D eigenvalue weighted by Gasteiger charge is -2.44. The number of esters is 1. The van der Waals surface area contributed by atoms with E-state index in [1.54, 1.807) is 30.3 Å². The number of para-hydroxylation sites is 1. The lowest BCUT2D eigenvalue weighted by molar-refractivity contribution is -0.275. The topological polar surface area (TPSA) is 44.8 Å². The minimum atomic E-state index is -4.88. The zero-order chi connectivity index (χ0) is 25.2. The first-order valence-electron chi connectivity index (χ1n) is 12.9. The predicted molar refractivity (Wildman–Crippen MR) is 127 cm³/mol. The molecule has 0 N–H and O–H groups in total. The molecule has 6 rings (SSSR count). The van der Waals surface area contributed by atoms with Gasteiger partial charge in [0.15, 0.2) is 11.5 Å². The molecule has 4 fully saturated rings. The van der Waals surface area contributed by atoms with Crippen LogP contribution in [0.1, 0.15) is 56.3 Å². The van der Waals surface area contributed by atoms with E-state index in [9.17, 15) is 18.0 Å². The highest BCUT2D eigenvalue weighted by Crippen LogP contribution is 2.70. The van der Waals surface area contributed by atoms with Crippen molar-refractivity contribution in [2.75, 3.05) is 0 Å². The number of halogens is 3. The maximum absolute atomic E-state index is 13.2. The molecular weight excluding hydrogens is 469 g/mol. The molecule has 7 heteroatoms. The van der Waals surface area contributed by atoms with Crippen molar-refractivity contribution in [2.24, 2.45) is 41.4 Å². The monoisotopic (exact) mass is 500 g/mol. The van der Waals surface area contributed by atoms with E-state index in [-0.39, 0.29) is 17.2 Å². The van der Waals surface area contributed by atoms with Gasteiger partial charge in [0.1, 0.15) is 11.4 Å². The van der Waals surface area contributed by atoms with Crippen molar-refractivity contribution in [3.8, 4) is 17.2 Å². The van der Waals surface area contributed by atoms with Crippen molar-refractivity contribution in [3.05, 3.63) is 54.1 Å². The summed E-state index contributed by atoms with van der Waals surface area (Å²) in [6.45, 7) is 3.93. The summed E-state index contributed by atoms with van der Waals surface area (Å²) in [6, 6.07) is 12.2. The molecule has 7 atom stereocenters. The van der Waals surface area contributed by atoms with Gasteiger partial charge in [-0.2, -0.15) is 0 Å². The van der Waals surface area contributed by atoms with Crippen LogP contribution in [-0.2, 0) is 0 Å². The van der Waals surface area contributed by atoms with Crippen molar-refractivity contribution in [1.29, 1.82) is 0 Å². The van der Waals surface area contributed by atoms with Crippen molar-refractivity contribution < 1.29 is 32.2 Å². The molecule has 2 aromatic rings. The minimum absolute atomic E-state index is 0.0906. The Morgan fingerprint density at radius 1 is 0.833 bits per heavy atom. The number of carbonyl (C=O) groups excluding carboxylic acids is 1. The molecule has 0 radical (unpaired) electrons. The van der Waals surface area contributed by atoms with E-state index < -0.39 is 23.7 Å². The van der Waals surface area contributed by atoms with Gasteiger partial charge in [0.05, 0.1) is 5.56 Å². The van der Waals surface area contributed by atoms with Gasteiger partial charge in [0, 0.05) is 5.92 Å². The van der Waals surface area contributed by atoms with Crippen LogP contribution >= 0.6 is 0 Å². The van der Waals surface area contributed by atoms with Crippen LogP contribution in [0.5, 0.6) is 17.2 Å². The van der Waals surface area contributed by atoms with Crippen LogP contribution in [0.2, 0.25) is 0 Å². The summed E-state index contributed by atoms with van der Waals surface area (Å²) in [5.74, 6) is 3.87. The highest BCUT2D eigenvalue weighted by atomic mass is 19.4. The molecule has 4 saturated carbocycles. The average molecular weight is 501 g/mol. The summed E-state index contributed by atoms with van der Waals surface area (Å²) < 4.78 is 55.6. The van der Waals surface area contributed by atoms with E-state index in [0.717, 1.165) is 36.2 Å². The molecule has 0 aliphatic heterocycles. The molecule has 0 spiro atoms. The van der Waals surface area contributed by atoms with Gasteiger partial charge in [-0.1, -0.05) is 18.2 Å². The highest BCUT2D eigenvalue weighted by molar-refractivity contribution is 5.91. The van der Waals surface area contributed by atoms with E-state index in [4.69, 9.17) is 9.47 Å². The Balaban J connectivity index is 1.26. The van der Waals surface area contributed by atoms with Crippen LogP contribution in [0, 0.1) is 41.4 Å². The third kappa shape index (κ3) is 4.14. The number of hydrogen-bond donors (Lipinski definition) is 0. The molecule has 2 aromatic carbocycles. The number of fused-ring (bicyclic) bond motifs is 9. The molecule has 192 valence electrons. The normalized spacial score (nSPS) is 32.4. The maximum Gasteiger partial charge on any atom is 0.573 e. The van der Waals surface area contributed by atoms with Crippen molar-refractivity contribution in [1.82, 2.24) is 0 Å². The highest BCUT2D eigenvalue weighted by Gasteiger charge is 2.64. The van der Waals surface area contributed by atoms with Crippen LogP contribution in [0.3, 0.4) is 0 Å². The summed E-state index contributed by atoms with van der Waals surface area (Å²) in [7, 11) is 0. The Kier molecular flexibility index (Phi) is 5.54. The zero-order valence-electron chi connectivity index (χ0n) is 20.5. The number of alkyl halides is 3. The van der Waals surface area contributed by atoms with Gasteiger partial charge in [0.2, 0.25) is 0 Å². The fourth-order valence-electron chi connectivity index (χ4n) is 8.30. The molecule has 4 aliphatic rings. The quantitative estimate of drug-likeness (QED) is 0.238.